The second-order valence-corrected chi connectivity index (χ2v) is 6.25. The summed E-state index contributed by atoms with van der Waals surface area (Å²) in [6.45, 7) is 4.46. The maximum absolute atomic E-state index is 12.4. The second-order valence-electron chi connectivity index (χ2n) is 6.25. The van der Waals surface area contributed by atoms with Gasteiger partial charge in [0.2, 0.25) is 5.91 Å². The molecule has 1 aliphatic rings. The van der Waals surface area contributed by atoms with Crippen molar-refractivity contribution >= 4 is 11.8 Å². The van der Waals surface area contributed by atoms with Gasteiger partial charge < -0.3 is 14.8 Å². The average molecular weight is 325 g/mol. The highest BCUT2D eigenvalue weighted by atomic mass is 16.2. The van der Waals surface area contributed by atoms with E-state index in [0.717, 1.165) is 6.42 Å². The topological polar surface area (TPSA) is 56.4 Å². The lowest BCUT2D eigenvalue weighted by molar-refractivity contribution is -0.132. The molecule has 0 bridgehead atoms. The van der Waals surface area contributed by atoms with Gasteiger partial charge in [-0.25, -0.2) is 0 Å². The van der Waals surface area contributed by atoms with Crippen molar-refractivity contribution in [2.45, 2.75) is 19.8 Å². The minimum absolute atomic E-state index is 0.00635. The highest BCUT2D eigenvalue weighted by Gasteiger charge is 2.24. The molecule has 0 spiro atoms. The van der Waals surface area contributed by atoms with Crippen LogP contribution in [0.5, 0.6) is 0 Å². The summed E-state index contributed by atoms with van der Waals surface area (Å²) in [6.07, 6.45) is 3.04. The molecule has 1 saturated heterocycles. The number of aromatic nitrogens is 1. The fraction of sp³-hybridized carbons (Fsp3) is 0.368. The Labute approximate surface area is 142 Å². The van der Waals surface area contributed by atoms with Crippen molar-refractivity contribution in [3.8, 4) is 0 Å². The molecule has 1 fully saturated rings. The molecular weight excluding hydrogens is 302 g/mol. The number of carbonyl (C=O) groups excluding carboxylic acids is 2. The monoisotopic (exact) mass is 325 g/mol. The molecule has 0 aliphatic carbocycles. The fourth-order valence-electron chi connectivity index (χ4n) is 3.07. The molecule has 24 heavy (non-hydrogen) atoms. The Kier molecular flexibility index (Phi) is 4.99. The number of hydrogen-bond donors (Lipinski definition) is 1. The predicted molar refractivity (Wildman–Crippen MR) is 92.8 cm³/mol. The highest BCUT2D eigenvalue weighted by molar-refractivity contribution is 5.92. The van der Waals surface area contributed by atoms with Crippen LogP contribution in [0.4, 0.5) is 0 Å². The van der Waals surface area contributed by atoms with Crippen LogP contribution in [-0.4, -0.2) is 52.8 Å². The summed E-state index contributed by atoms with van der Waals surface area (Å²) in [6, 6.07) is 11.9. The van der Waals surface area contributed by atoms with E-state index in [9.17, 15) is 9.59 Å². The number of aryl methyl sites for hydroxylation is 2. The molecule has 5 heteroatoms. The molecule has 5 nitrogen and oxygen atoms in total. The summed E-state index contributed by atoms with van der Waals surface area (Å²) in [5.41, 5.74) is 3.02. The number of rotatable bonds is 4. The first kappa shape index (κ1) is 16.3. The van der Waals surface area contributed by atoms with Gasteiger partial charge in [-0.15, -0.1) is 0 Å². The standard InChI is InChI=1S/C19H23N3O2/c1-15-4-2-5-16(14-15)7-8-18(23)21-10-12-22(13-11-21)19(24)17-6-3-9-20-17/h2-6,9,14,20H,7-8,10-13H2,1H3. The first-order valence-corrected chi connectivity index (χ1v) is 8.39. The van der Waals surface area contributed by atoms with Crippen molar-refractivity contribution in [3.63, 3.8) is 0 Å². The second kappa shape index (κ2) is 7.34. The van der Waals surface area contributed by atoms with E-state index in [1.54, 1.807) is 17.2 Å². The highest BCUT2D eigenvalue weighted by Crippen LogP contribution is 2.11. The van der Waals surface area contributed by atoms with Crippen molar-refractivity contribution in [1.29, 1.82) is 0 Å². The molecule has 0 radical (unpaired) electrons. The van der Waals surface area contributed by atoms with E-state index in [2.05, 4.69) is 30.1 Å². The van der Waals surface area contributed by atoms with E-state index in [0.29, 0.717) is 38.3 Å². The number of carbonyl (C=O) groups is 2. The molecule has 2 amide bonds. The summed E-state index contributed by atoms with van der Waals surface area (Å²) < 4.78 is 0. The third-order valence-electron chi connectivity index (χ3n) is 4.46. The summed E-state index contributed by atoms with van der Waals surface area (Å²) in [5, 5.41) is 0. The van der Waals surface area contributed by atoms with Crippen molar-refractivity contribution < 1.29 is 9.59 Å². The van der Waals surface area contributed by atoms with E-state index in [1.165, 1.54) is 11.1 Å². The molecule has 1 aromatic carbocycles. The van der Waals surface area contributed by atoms with Crippen molar-refractivity contribution in [2.24, 2.45) is 0 Å². The molecule has 126 valence electrons. The number of H-pyrrole nitrogens is 1. The Hall–Kier alpha value is -2.56. The number of aromatic amines is 1. The Morgan fingerprint density at radius 2 is 1.79 bits per heavy atom. The van der Waals surface area contributed by atoms with Crippen LogP contribution in [-0.2, 0) is 11.2 Å². The Morgan fingerprint density at radius 1 is 1.04 bits per heavy atom. The predicted octanol–water partition coefficient (Wildman–Crippen LogP) is 2.24. The zero-order chi connectivity index (χ0) is 16.9. The SMILES string of the molecule is Cc1cccc(CCC(=O)N2CCN(C(=O)c3ccc[nH]3)CC2)c1. The molecule has 0 unspecified atom stereocenters. The van der Waals surface area contributed by atoms with Crippen LogP contribution in [0.1, 0.15) is 28.0 Å². The number of benzene rings is 1. The van der Waals surface area contributed by atoms with Gasteiger partial charge in [0.15, 0.2) is 0 Å². The number of piperazine rings is 1. The lowest BCUT2D eigenvalue weighted by atomic mass is 10.1. The normalized spacial score (nSPS) is 14.7. The lowest BCUT2D eigenvalue weighted by Gasteiger charge is -2.34. The lowest BCUT2D eigenvalue weighted by Crippen LogP contribution is -2.50. The zero-order valence-electron chi connectivity index (χ0n) is 14.0. The van der Waals surface area contributed by atoms with Gasteiger partial charge in [-0.1, -0.05) is 29.8 Å². The van der Waals surface area contributed by atoms with Crippen LogP contribution in [0.15, 0.2) is 42.6 Å². The maximum atomic E-state index is 12.4. The first-order valence-electron chi connectivity index (χ1n) is 8.39. The molecule has 0 saturated carbocycles. The smallest absolute Gasteiger partial charge is 0.270 e. The van der Waals surface area contributed by atoms with Gasteiger partial charge in [-0.3, -0.25) is 9.59 Å². The number of hydrogen-bond acceptors (Lipinski definition) is 2. The van der Waals surface area contributed by atoms with Crippen LogP contribution in [0.2, 0.25) is 0 Å². The van der Waals surface area contributed by atoms with Gasteiger partial charge in [0, 0.05) is 38.8 Å². The van der Waals surface area contributed by atoms with Gasteiger partial charge in [0.05, 0.1) is 0 Å². The van der Waals surface area contributed by atoms with Crippen LogP contribution in [0.25, 0.3) is 0 Å². The minimum atomic E-state index is 0.00635. The van der Waals surface area contributed by atoms with E-state index in [-0.39, 0.29) is 11.8 Å². The largest absolute Gasteiger partial charge is 0.357 e. The van der Waals surface area contributed by atoms with Crippen LogP contribution >= 0.6 is 0 Å². The van der Waals surface area contributed by atoms with E-state index in [1.807, 2.05) is 17.0 Å². The molecule has 1 N–H and O–H groups in total. The Bertz CT molecular complexity index is 701. The maximum Gasteiger partial charge on any atom is 0.270 e. The summed E-state index contributed by atoms with van der Waals surface area (Å²) >= 11 is 0. The van der Waals surface area contributed by atoms with Gasteiger partial charge >= 0.3 is 0 Å². The first-order chi connectivity index (χ1) is 11.6. The van der Waals surface area contributed by atoms with Gasteiger partial charge in [-0.05, 0) is 31.0 Å². The number of amides is 2. The van der Waals surface area contributed by atoms with Crippen molar-refractivity contribution in [2.75, 3.05) is 26.2 Å². The zero-order valence-corrected chi connectivity index (χ0v) is 14.0. The Balaban J connectivity index is 1.47. The van der Waals surface area contributed by atoms with Gasteiger partial charge in [0.25, 0.3) is 5.91 Å². The molecule has 2 heterocycles. The third kappa shape index (κ3) is 3.85. The number of nitrogens with one attached hydrogen (secondary N) is 1. The summed E-state index contributed by atoms with van der Waals surface area (Å²) in [4.78, 5) is 31.3. The van der Waals surface area contributed by atoms with E-state index >= 15 is 0 Å². The van der Waals surface area contributed by atoms with E-state index < -0.39 is 0 Å². The summed E-state index contributed by atoms with van der Waals surface area (Å²) in [5.74, 6) is 0.176. The van der Waals surface area contributed by atoms with Crippen LogP contribution in [0, 0.1) is 6.92 Å². The van der Waals surface area contributed by atoms with Gasteiger partial charge in [-0.2, -0.15) is 0 Å². The Morgan fingerprint density at radius 3 is 2.46 bits per heavy atom. The van der Waals surface area contributed by atoms with Crippen molar-refractivity contribution in [3.05, 3.63) is 59.4 Å². The quantitative estimate of drug-likeness (QED) is 0.937. The number of nitrogens with zero attached hydrogens (tertiary/aromatic N) is 2. The molecule has 2 aromatic rings. The van der Waals surface area contributed by atoms with Crippen molar-refractivity contribution in [1.82, 2.24) is 14.8 Å². The third-order valence-corrected chi connectivity index (χ3v) is 4.46. The average Bonchev–Trinajstić information content (AvgIpc) is 3.14. The molecule has 3 rings (SSSR count). The molecular formula is C19H23N3O2. The van der Waals surface area contributed by atoms with Crippen LogP contribution in [0.3, 0.4) is 0 Å². The van der Waals surface area contributed by atoms with Crippen LogP contribution < -0.4 is 0 Å². The van der Waals surface area contributed by atoms with E-state index in [4.69, 9.17) is 0 Å². The summed E-state index contributed by atoms with van der Waals surface area (Å²) in [7, 11) is 0. The molecule has 1 aromatic heterocycles. The fourth-order valence-corrected chi connectivity index (χ4v) is 3.07. The minimum Gasteiger partial charge on any atom is -0.357 e. The molecule has 1 aliphatic heterocycles. The molecule has 0 atom stereocenters. The van der Waals surface area contributed by atoms with Gasteiger partial charge in [0.1, 0.15) is 5.69 Å².